The first kappa shape index (κ1) is 18.2. The van der Waals surface area contributed by atoms with Crippen molar-refractivity contribution in [1.82, 2.24) is 14.9 Å². The molecular weight excluding hydrogens is 362 g/mol. The van der Waals surface area contributed by atoms with Gasteiger partial charge in [0.1, 0.15) is 11.6 Å². The van der Waals surface area contributed by atoms with Crippen LogP contribution in [0.5, 0.6) is 5.75 Å². The van der Waals surface area contributed by atoms with Gasteiger partial charge in [-0.2, -0.15) is 0 Å². The minimum absolute atomic E-state index is 0.0222. The molecule has 5 nitrogen and oxygen atoms in total. The first-order valence-electron chi connectivity index (χ1n) is 10.7. The van der Waals surface area contributed by atoms with Gasteiger partial charge in [-0.3, -0.25) is 4.79 Å². The number of nitrogens with zero attached hydrogens (tertiary/aromatic N) is 2. The van der Waals surface area contributed by atoms with Crippen LogP contribution in [-0.2, 0) is 13.5 Å². The molecule has 2 atom stereocenters. The Morgan fingerprint density at radius 3 is 2.97 bits per heavy atom. The summed E-state index contributed by atoms with van der Waals surface area (Å²) in [4.78, 5) is 17.8. The Bertz CT molecular complexity index is 1060. The molecule has 2 aliphatic rings. The highest BCUT2D eigenvalue weighted by molar-refractivity contribution is 5.94. The molecule has 2 aromatic carbocycles. The average molecular weight is 389 g/mol. The number of carbonyl (C=O) groups is 1. The molecule has 0 spiro atoms. The summed E-state index contributed by atoms with van der Waals surface area (Å²) in [6, 6.07) is 14.3. The summed E-state index contributed by atoms with van der Waals surface area (Å²) in [7, 11) is 2.10. The third-order valence-corrected chi connectivity index (χ3v) is 6.37. The van der Waals surface area contributed by atoms with Gasteiger partial charge in [-0.15, -0.1) is 0 Å². The van der Waals surface area contributed by atoms with E-state index in [1.807, 2.05) is 24.3 Å². The van der Waals surface area contributed by atoms with Crippen LogP contribution in [-0.4, -0.2) is 28.1 Å². The Morgan fingerprint density at radius 1 is 1.17 bits per heavy atom. The van der Waals surface area contributed by atoms with E-state index in [1.165, 1.54) is 5.52 Å². The molecule has 3 aromatic rings. The molecule has 1 N–H and O–H groups in total. The Hall–Kier alpha value is -2.82. The number of carbonyl (C=O) groups excluding carboxylic acids is 1. The largest absolute Gasteiger partial charge is 0.493 e. The van der Waals surface area contributed by atoms with E-state index in [9.17, 15) is 4.79 Å². The van der Waals surface area contributed by atoms with E-state index >= 15 is 0 Å². The number of benzene rings is 2. The molecule has 1 aromatic heterocycles. The number of hydrogen-bond acceptors (Lipinski definition) is 3. The fourth-order valence-electron chi connectivity index (χ4n) is 4.86. The summed E-state index contributed by atoms with van der Waals surface area (Å²) in [5.41, 5.74) is 4.10. The highest BCUT2D eigenvalue weighted by Crippen LogP contribution is 2.34. The van der Waals surface area contributed by atoms with E-state index in [0.29, 0.717) is 5.92 Å². The summed E-state index contributed by atoms with van der Waals surface area (Å²) >= 11 is 0. The van der Waals surface area contributed by atoms with Crippen LogP contribution in [0, 0.1) is 0 Å². The normalized spacial score (nSPS) is 21.4. The van der Waals surface area contributed by atoms with E-state index in [0.717, 1.165) is 73.3 Å². The molecule has 0 radical (unpaired) electrons. The summed E-state index contributed by atoms with van der Waals surface area (Å²) in [6.07, 6.45) is 6.20. The van der Waals surface area contributed by atoms with E-state index in [1.54, 1.807) is 0 Å². The number of nitrogens with one attached hydrogen (secondary N) is 1. The second-order valence-electron chi connectivity index (χ2n) is 8.33. The third kappa shape index (κ3) is 3.50. The van der Waals surface area contributed by atoms with Crippen LogP contribution < -0.4 is 10.1 Å². The number of ether oxygens (including phenoxy) is 1. The van der Waals surface area contributed by atoms with Crippen molar-refractivity contribution in [3.63, 3.8) is 0 Å². The van der Waals surface area contributed by atoms with Crippen LogP contribution in [0.2, 0.25) is 0 Å². The molecule has 1 aliphatic carbocycles. The maximum atomic E-state index is 12.9. The minimum atomic E-state index is 0.0222. The van der Waals surface area contributed by atoms with Crippen molar-refractivity contribution in [3.8, 4) is 5.75 Å². The summed E-state index contributed by atoms with van der Waals surface area (Å²) in [5, 5.41) is 3.28. The molecule has 29 heavy (non-hydrogen) atoms. The first-order chi connectivity index (χ1) is 14.2. The highest BCUT2D eigenvalue weighted by Gasteiger charge is 2.28. The quantitative estimate of drug-likeness (QED) is 0.724. The van der Waals surface area contributed by atoms with Crippen molar-refractivity contribution in [2.24, 2.45) is 7.05 Å². The van der Waals surface area contributed by atoms with Crippen LogP contribution in [0.1, 0.15) is 59.8 Å². The number of amides is 1. The topological polar surface area (TPSA) is 56.2 Å². The number of aryl methyl sites for hydroxylation is 2. The molecular formula is C24H27N3O2. The van der Waals surface area contributed by atoms with Gasteiger partial charge in [-0.05, 0) is 68.0 Å². The lowest BCUT2D eigenvalue weighted by molar-refractivity contribution is 0.0924. The number of imidazole rings is 1. The van der Waals surface area contributed by atoms with Crippen molar-refractivity contribution in [3.05, 3.63) is 59.4 Å². The molecule has 0 bridgehead atoms. The first-order valence-corrected chi connectivity index (χ1v) is 10.7. The molecule has 1 amide bonds. The lowest BCUT2D eigenvalue weighted by Crippen LogP contribution is -2.38. The van der Waals surface area contributed by atoms with Crippen molar-refractivity contribution in [2.45, 2.75) is 50.5 Å². The Morgan fingerprint density at radius 2 is 2.07 bits per heavy atom. The monoisotopic (exact) mass is 389 g/mol. The molecule has 1 fully saturated rings. The lowest BCUT2D eigenvalue weighted by Gasteiger charge is -2.29. The zero-order valence-corrected chi connectivity index (χ0v) is 16.9. The Kier molecular flexibility index (Phi) is 4.74. The number of fused-ring (bicyclic) bond motifs is 2. The van der Waals surface area contributed by atoms with E-state index < -0.39 is 0 Å². The van der Waals surface area contributed by atoms with Gasteiger partial charge in [0, 0.05) is 24.6 Å². The summed E-state index contributed by atoms with van der Waals surface area (Å²) in [5.74, 6) is 2.46. The number of aromatic nitrogens is 2. The molecule has 2 heterocycles. The molecule has 5 heteroatoms. The molecule has 5 rings (SSSR count). The zero-order valence-electron chi connectivity index (χ0n) is 16.9. The van der Waals surface area contributed by atoms with Gasteiger partial charge in [0.25, 0.3) is 5.91 Å². The predicted molar refractivity (Wildman–Crippen MR) is 113 cm³/mol. The molecule has 1 saturated carbocycles. The predicted octanol–water partition coefficient (Wildman–Crippen LogP) is 4.35. The zero-order chi connectivity index (χ0) is 19.8. The molecule has 0 saturated heterocycles. The standard InChI is InChI=1S/C24H27N3O2/c1-27-21-10-3-2-9-20(21)26-23(27)17-6-4-8-19(15-17)25-24(28)18-11-12-22-16(14-18)7-5-13-29-22/h2-3,9-12,14,17,19H,4-8,13,15H2,1H3,(H,25,28). The van der Waals surface area contributed by atoms with E-state index in [-0.39, 0.29) is 11.9 Å². The average Bonchev–Trinajstić information content (AvgIpc) is 3.10. The molecule has 1 aliphatic heterocycles. The van der Waals surface area contributed by atoms with Gasteiger partial charge >= 0.3 is 0 Å². The number of rotatable bonds is 3. The number of para-hydroxylation sites is 2. The maximum Gasteiger partial charge on any atom is 0.251 e. The van der Waals surface area contributed by atoms with Crippen molar-refractivity contribution >= 4 is 16.9 Å². The van der Waals surface area contributed by atoms with Crippen LogP contribution in [0.15, 0.2) is 42.5 Å². The second kappa shape index (κ2) is 7.54. The van der Waals surface area contributed by atoms with Crippen LogP contribution >= 0.6 is 0 Å². The summed E-state index contributed by atoms with van der Waals surface area (Å²) < 4.78 is 7.88. The van der Waals surface area contributed by atoms with Gasteiger partial charge in [0.15, 0.2) is 0 Å². The second-order valence-corrected chi connectivity index (χ2v) is 8.33. The van der Waals surface area contributed by atoms with Crippen molar-refractivity contribution in [1.29, 1.82) is 0 Å². The van der Waals surface area contributed by atoms with E-state index in [4.69, 9.17) is 9.72 Å². The van der Waals surface area contributed by atoms with Crippen molar-refractivity contribution in [2.75, 3.05) is 6.61 Å². The lowest BCUT2D eigenvalue weighted by atomic mass is 9.85. The van der Waals surface area contributed by atoms with E-state index in [2.05, 4.69) is 35.1 Å². The fourth-order valence-corrected chi connectivity index (χ4v) is 4.86. The Balaban J connectivity index is 1.30. The van der Waals surface area contributed by atoms with Crippen LogP contribution in [0.25, 0.3) is 11.0 Å². The fraction of sp³-hybridized carbons (Fsp3) is 0.417. The maximum absolute atomic E-state index is 12.9. The van der Waals surface area contributed by atoms with Gasteiger partial charge in [-0.1, -0.05) is 18.6 Å². The molecule has 2 unspecified atom stereocenters. The van der Waals surface area contributed by atoms with Crippen molar-refractivity contribution < 1.29 is 9.53 Å². The van der Waals surface area contributed by atoms with Gasteiger partial charge in [0.2, 0.25) is 0 Å². The van der Waals surface area contributed by atoms with Gasteiger partial charge in [-0.25, -0.2) is 4.98 Å². The number of hydrogen-bond donors (Lipinski definition) is 1. The minimum Gasteiger partial charge on any atom is -0.493 e. The summed E-state index contributed by atoms with van der Waals surface area (Å²) in [6.45, 7) is 0.768. The smallest absolute Gasteiger partial charge is 0.251 e. The van der Waals surface area contributed by atoms with Gasteiger partial charge < -0.3 is 14.6 Å². The van der Waals surface area contributed by atoms with Gasteiger partial charge in [0.05, 0.1) is 17.6 Å². The third-order valence-electron chi connectivity index (χ3n) is 6.37. The van der Waals surface area contributed by atoms with Crippen LogP contribution in [0.4, 0.5) is 0 Å². The SMILES string of the molecule is Cn1c(C2CCCC(NC(=O)c3ccc4c(c3)CCCO4)C2)nc2ccccc21. The Labute approximate surface area is 171 Å². The van der Waals surface area contributed by atoms with Crippen LogP contribution in [0.3, 0.4) is 0 Å². The highest BCUT2D eigenvalue weighted by atomic mass is 16.5. The molecule has 150 valence electrons.